The zero-order valence-electron chi connectivity index (χ0n) is 19.2. The second kappa shape index (κ2) is 9.43. The highest BCUT2D eigenvalue weighted by Crippen LogP contribution is 2.31. The van der Waals surface area contributed by atoms with Crippen LogP contribution in [0.2, 0.25) is 0 Å². The predicted octanol–water partition coefficient (Wildman–Crippen LogP) is 6.13. The molecule has 33 heavy (non-hydrogen) atoms. The van der Waals surface area contributed by atoms with Crippen molar-refractivity contribution in [2.24, 2.45) is 12.0 Å². The topological polar surface area (TPSA) is 57.4 Å². The summed E-state index contributed by atoms with van der Waals surface area (Å²) in [6.07, 6.45) is 10.3. The van der Waals surface area contributed by atoms with E-state index in [2.05, 4.69) is 9.95 Å². The fourth-order valence-corrected chi connectivity index (χ4v) is 5.78. The minimum absolute atomic E-state index is 0.0987. The molecule has 3 heterocycles. The maximum absolute atomic E-state index is 13.5. The molecule has 0 saturated heterocycles. The predicted molar refractivity (Wildman–Crippen MR) is 132 cm³/mol. The van der Waals surface area contributed by atoms with Crippen LogP contribution in [0.4, 0.5) is 5.69 Å². The molecule has 0 aliphatic heterocycles. The van der Waals surface area contributed by atoms with E-state index in [0.29, 0.717) is 11.7 Å². The molecule has 5 rings (SSSR count). The molecule has 1 aromatic carbocycles. The molecule has 0 atom stereocenters. The Kier molecular flexibility index (Phi) is 6.22. The molecule has 172 valence electrons. The molecule has 0 amide bonds. The van der Waals surface area contributed by atoms with Crippen LogP contribution >= 0.6 is 11.3 Å². The van der Waals surface area contributed by atoms with E-state index in [-0.39, 0.29) is 5.56 Å². The summed E-state index contributed by atoms with van der Waals surface area (Å²) in [4.78, 5) is 19.3. The maximum Gasteiger partial charge on any atom is 0.297 e. The molecule has 0 spiro atoms. The van der Waals surface area contributed by atoms with E-state index in [9.17, 15) is 4.79 Å². The first-order chi connectivity index (χ1) is 16.1. The Morgan fingerprint density at radius 2 is 1.73 bits per heavy atom. The lowest BCUT2D eigenvalue weighted by molar-refractivity contribution is 0.367. The third kappa shape index (κ3) is 4.17. The third-order valence-electron chi connectivity index (χ3n) is 6.69. The summed E-state index contributed by atoms with van der Waals surface area (Å²) in [6, 6.07) is 14.0. The van der Waals surface area contributed by atoms with Gasteiger partial charge in [0, 0.05) is 18.5 Å². The van der Waals surface area contributed by atoms with E-state index in [0.717, 1.165) is 40.5 Å². The van der Waals surface area contributed by atoms with Crippen molar-refractivity contribution in [3.05, 3.63) is 75.0 Å². The molecule has 0 unspecified atom stereocenters. The maximum atomic E-state index is 13.5. The summed E-state index contributed by atoms with van der Waals surface area (Å²) in [5.74, 6) is 0.848. The van der Waals surface area contributed by atoms with Gasteiger partial charge in [-0.2, -0.15) is 0 Å². The number of thiazole rings is 1. The summed E-state index contributed by atoms with van der Waals surface area (Å²) in [5, 5.41) is 2.12. The van der Waals surface area contributed by atoms with Crippen LogP contribution in [0, 0.1) is 6.92 Å². The van der Waals surface area contributed by atoms with Crippen molar-refractivity contribution in [2.45, 2.75) is 57.9 Å². The summed E-state index contributed by atoms with van der Waals surface area (Å²) < 4.78 is 11.7. The highest BCUT2D eigenvalue weighted by Gasteiger charge is 2.22. The number of furan rings is 1. The van der Waals surface area contributed by atoms with Gasteiger partial charge in [-0.05, 0) is 44.0 Å². The number of para-hydroxylation sites is 1. The van der Waals surface area contributed by atoms with E-state index in [1.807, 2.05) is 61.1 Å². The van der Waals surface area contributed by atoms with Crippen LogP contribution in [0.1, 0.15) is 56.7 Å². The fraction of sp³-hybridized carbons (Fsp3) is 0.385. The fourth-order valence-electron chi connectivity index (χ4n) is 4.83. The minimum atomic E-state index is -0.0987. The Balaban J connectivity index is 1.67. The molecule has 0 bridgehead atoms. The molecule has 7 heteroatoms. The van der Waals surface area contributed by atoms with Crippen molar-refractivity contribution in [3.63, 3.8) is 0 Å². The normalized spacial score (nSPS) is 16.1. The molecular weight excluding hydrogens is 432 g/mol. The highest BCUT2D eigenvalue weighted by molar-refractivity contribution is 7.07. The minimum Gasteiger partial charge on any atom is -0.463 e. The standard InChI is InChI=1S/C26H30N4O2S/c1-19-24(25(31)30(28(19)2)21-14-9-6-10-15-21)27-26-29(20-12-7-4-3-5-8-13-20)22(18-33-26)23-16-11-17-32-23/h6,9-11,14-18,20H,3-5,7-8,12-13H2,1-2H3. The van der Waals surface area contributed by atoms with Crippen molar-refractivity contribution in [3.8, 4) is 17.1 Å². The van der Waals surface area contributed by atoms with Crippen LogP contribution in [0.3, 0.4) is 0 Å². The Morgan fingerprint density at radius 3 is 2.42 bits per heavy atom. The largest absolute Gasteiger partial charge is 0.463 e. The van der Waals surface area contributed by atoms with Crippen LogP contribution in [-0.2, 0) is 7.05 Å². The Labute approximate surface area is 197 Å². The second-order valence-corrected chi connectivity index (χ2v) is 9.61. The first-order valence-electron chi connectivity index (χ1n) is 11.8. The molecule has 6 nitrogen and oxygen atoms in total. The van der Waals surface area contributed by atoms with Crippen molar-refractivity contribution in [2.75, 3.05) is 0 Å². The van der Waals surface area contributed by atoms with Gasteiger partial charge in [0.2, 0.25) is 0 Å². The lowest BCUT2D eigenvalue weighted by atomic mass is 9.96. The number of benzene rings is 1. The first-order valence-corrected chi connectivity index (χ1v) is 12.7. The summed E-state index contributed by atoms with van der Waals surface area (Å²) in [6.45, 7) is 1.96. The quantitative estimate of drug-likeness (QED) is 0.367. The highest BCUT2D eigenvalue weighted by atomic mass is 32.1. The van der Waals surface area contributed by atoms with Crippen LogP contribution in [-0.4, -0.2) is 13.9 Å². The van der Waals surface area contributed by atoms with Crippen molar-refractivity contribution >= 4 is 17.0 Å². The Hall–Kier alpha value is -3.06. The van der Waals surface area contributed by atoms with Crippen molar-refractivity contribution < 1.29 is 4.42 Å². The Bertz CT molecular complexity index is 1330. The summed E-state index contributed by atoms with van der Waals surface area (Å²) >= 11 is 1.58. The third-order valence-corrected chi connectivity index (χ3v) is 7.53. The van der Waals surface area contributed by atoms with E-state index in [1.165, 1.54) is 32.1 Å². The average molecular weight is 463 g/mol. The SMILES string of the molecule is Cc1c(N=c2scc(-c3ccco3)n2C2CCCCCCC2)c(=O)n(-c2ccccc2)n1C. The van der Waals surface area contributed by atoms with Crippen molar-refractivity contribution in [1.82, 2.24) is 13.9 Å². The molecule has 1 aliphatic rings. The lowest BCUT2D eigenvalue weighted by Crippen LogP contribution is -2.23. The van der Waals surface area contributed by atoms with E-state index < -0.39 is 0 Å². The van der Waals surface area contributed by atoms with Crippen molar-refractivity contribution in [1.29, 1.82) is 0 Å². The van der Waals surface area contributed by atoms with Crippen LogP contribution in [0.5, 0.6) is 0 Å². The molecule has 0 N–H and O–H groups in total. The Morgan fingerprint density at radius 1 is 1.00 bits per heavy atom. The zero-order chi connectivity index (χ0) is 22.8. The van der Waals surface area contributed by atoms with Gasteiger partial charge in [-0.1, -0.05) is 50.3 Å². The van der Waals surface area contributed by atoms with Gasteiger partial charge in [-0.15, -0.1) is 11.3 Å². The monoisotopic (exact) mass is 462 g/mol. The summed E-state index contributed by atoms with van der Waals surface area (Å²) in [7, 11) is 1.91. The average Bonchev–Trinajstić information content (AvgIpc) is 3.51. The number of aromatic nitrogens is 3. The molecule has 4 aromatic rings. The molecule has 1 saturated carbocycles. The first kappa shape index (κ1) is 21.8. The van der Waals surface area contributed by atoms with Gasteiger partial charge >= 0.3 is 0 Å². The number of nitrogens with zero attached hydrogens (tertiary/aromatic N) is 4. The smallest absolute Gasteiger partial charge is 0.297 e. The van der Waals surface area contributed by atoms with Gasteiger partial charge in [0.1, 0.15) is 0 Å². The van der Waals surface area contributed by atoms with Crippen LogP contribution in [0.25, 0.3) is 17.1 Å². The lowest BCUT2D eigenvalue weighted by Gasteiger charge is -2.23. The molecule has 3 aromatic heterocycles. The van der Waals surface area contributed by atoms with E-state index in [1.54, 1.807) is 22.3 Å². The number of hydrogen-bond donors (Lipinski definition) is 0. The molecule has 1 aliphatic carbocycles. The van der Waals surface area contributed by atoms with Gasteiger partial charge in [-0.25, -0.2) is 9.67 Å². The van der Waals surface area contributed by atoms with Crippen LogP contribution < -0.4 is 10.4 Å². The van der Waals surface area contributed by atoms with E-state index >= 15 is 0 Å². The van der Waals surface area contributed by atoms with E-state index in [4.69, 9.17) is 9.41 Å². The van der Waals surface area contributed by atoms with Gasteiger partial charge < -0.3 is 8.98 Å². The van der Waals surface area contributed by atoms with Gasteiger partial charge in [-0.3, -0.25) is 9.48 Å². The van der Waals surface area contributed by atoms with Gasteiger partial charge in [0.15, 0.2) is 16.2 Å². The van der Waals surface area contributed by atoms with Gasteiger partial charge in [0.05, 0.1) is 23.3 Å². The molecular formula is C26H30N4O2S. The number of rotatable bonds is 4. The van der Waals surface area contributed by atoms with Gasteiger partial charge in [0.25, 0.3) is 5.56 Å². The van der Waals surface area contributed by atoms with Crippen LogP contribution in [0.15, 0.2) is 68.3 Å². The second-order valence-electron chi connectivity index (χ2n) is 8.77. The summed E-state index contributed by atoms with van der Waals surface area (Å²) in [5.41, 5.74) is 3.13. The zero-order valence-corrected chi connectivity index (χ0v) is 20.1. The molecule has 1 fully saturated rings. The molecule has 0 radical (unpaired) electrons. The number of hydrogen-bond acceptors (Lipinski definition) is 4.